The third-order valence-electron chi connectivity index (χ3n) is 2.81. The van der Waals surface area contributed by atoms with Gasteiger partial charge in [0.15, 0.2) is 0 Å². The molecule has 3 heteroatoms. The van der Waals surface area contributed by atoms with Crippen LogP contribution in [0.1, 0.15) is 24.1 Å². The highest BCUT2D eigenvalue weighted by molar-refractivity contribution is 5.30. The molecular formula is C13H19NO2. The Balaban J connectivity index is 1.91. The number of benzene rings is 1. The normalized spacial score (nSPS) is 19.4. The van der Waals surface area contributed by atoms with Gasteiger partial charge in [-0.1, -0.05) is 24.3 Å². The van der Waals surface area contributed by atoms with Crippen LogP contribution in [0, 0.1) is 0 Å². The summed E-state index contributed by atoms with van der Waals surface area (Å²) in [6.45, 7) is 5.91. The van der Waals surface area contributed by atoms with Crippen molar-refractivity contribution in [2.75, 3.05) is 26.4 Å². The van der Waals surface area contributed by atoms with Gasteiger partial charge in [0, 0.05) is 13.2 Å². The number of fused-ring (bicyclic) bond motifs is 1. The lowest BCUT2D eigenvalue weighted by Crippen LogP contribution is -2.32. The lowest BCUT2D eigenvalue weighted by molar-refractivity contribution is 0.0770. The Hall–Kier alpha value is -0.900. The van der Waals surface area contributed by atoms with Crippen LogP contribution >= 0.6 is 0 Å². The second kappa shape index (κ2) is 5.99. The Morgan fingerprint density at radius 1 is 1.44 bits per heavy atom. The molecule has 0 aromatic heterocycles. The van der Waals surface area contributed by atoms with Crippen molar-refractivity contribution in [1.29, 1.82) is 0 Å². The Bertz CT molecular complexity index is 327. The van der Waals surface area contributed by atoms with Gasteiger partial charge in [0.1, 0.15) is 0 Å². The van der Waals surface area contributed by atoms with Gasteiger partial charge in [0.2, 0.25) is 0 Å². The monoisotopic (exact) mass is 221 g/mol. The Labute approximate surface area is 96.8 Å². The average Bonchev–Trinajstić information content (AvgIpc) is 2.35. The van der Waals surface area contributed by atoms with Crippen molar-refractivity contribution in [2.45, 2.75) is 19.6 Å². The third-order valence-corrected chi connectivity index (χ3v) is 2.81. The van der Waals surface area contributed by atoms with Gasteiger partial charge in [-0.05, 0) is 18.1 Å². The molecule has 16 heavy (non-hydrogen) atoms. The molecule has 1 aromatic rings. The van der Waals surface area contributed by atoms with E-state index >= 15 is 0 Å². The number of hydrogen-bond acceptors (Lipinski definition) is 3. The molecule has 0 saturated heterocycles. The van der Waals surface area contributed by atoms with Crippen LogP contribution in [0.15, 0.2) is 24.3 Å². The van der Waals surface area contributed by atoms with Gasteiger partial charge in [0.05, 0.1) is 25.9 Å². The molecule has 1 heterocycles. The molecule has 1 aliphatic rings. The standard InChI is InChI=1S/C13H19NO2/c1-2-15-8-7-14-13-10-16-9-11-5-3-4-6-12(11)13/h3-6,13-14H,2,7-10H2,1H3. The molecular weight excluding hydrogens is 202 g/mol. The molecule has 1 aromatic carbocycles. The van der Waals surface area contributed by atoms with Gasteiger partial charge in [-0.25, -0.2) is 0 Å². The van der Waals surface area contributed by atoms with Crippen molar-refractivity contribution in [2.24, 2.45) is 0 Å². The molecule has 2 rings (SSSR count). The topological polar surface area (TPSA) is 30.5 Å². The minimum atomic E-state index is 0.311. The maximum absolute atomic E-state index is 5.56. The molecule has 0 amide bonds. The molecule has 0 fully saturated rings. The zero-order valence-electron chi connectivity index (χ0n) is 9.74. The van der Waals surface area contributed by atoms with Crippen LogP contribution < -0.4 is 5.32 Å². The number of ether oxygens (including phenoxy) is 2. The largest absolute Gasteiger partial charge is 0.380 e. The summed E-state index contributed by atoms with van der Waals surface area (Å²) in [6.07, 6.45) is 0. The lowest BCUT2D eigenvalue weighted by Gasteiger charge is -2.26. The molecule has 0 spiro atoms. The molecule has 1 N–H and O–H groups in total. The van der Waals surface area contributed by atoms with Gasteiger partial charge < -0.3 is 14.8 Å². The highest BCUT2D eigenvalue weighted by Gasteiger charge is 2.19. The second-order valence-corrected chi connectivity index (χ2v) is 3.92. The fraction of sp³-hybridized carbons (Fsp3) is 0.538. The van der Waals surface area contributed by atoms with Crippen molar-refractivity contribution < 1.29 is 9.47 Å². The lowest BCUT2D eigenvalue weighted by atomic mass is 9.99. The van der Waals surface area contributed by atoms with Crippen LogP contribution in [0.25, 0.3) is 0 Å². The maximum Gasteiger partial charge on any atom is 0.0721 e. The fourth-order valence-corrected chi connectivity index (χ4v) is 2.00. The minimum absolute atomic E-state index is 0.311. The highest BCUT2D eigenvalue weighted by atomic mass is 16.5. The summed E-state index contributed by atoms with van der Waals surface area (Å²) in [6, 6.07) is 8.76. The summed E-state index contributed by atoms with van der Waals surface area (Å²) in [5.74, 6) is 0. The quantitative estimate of drug-likeness (QED) is 0.770. The first-order valence-electron chi connectivity index (χ1n) is 5.88. The van der Waals surface area contributed by atoms with Gasteiger partial charge in [-0.3, -0.25) is 0 Å². The van der Waals surface area contributed by atoms with Gasteiger partial charge >= 0.3 is 0 Å². The van der Waals surface area contributed by atoms with Crippen molar-refractivity contribution >= 4 is 0 Å². The highest BCUT2D eigenvalue weighted by Crippen LogP contribution is 2.23. The first kappa shape index (κ1) is 11.6. The van der Waals surface area contributed by atoms with E-state index in [0.717, 1.165) is 33.0 Å². The van der Waals surface area contributed by atoms with E-state index in [2.05, 4.69) is 29.6 Å². The van der Waals surface area contributed by atoms with E-state index in [1.54, 1.807) is 0 Å². The van der Waals surface area contributed by atoms with Crippen LogP contribution in [-0.2, 0) is 16.1 Å². The molecule has 0 radical (unpaired) electrons. The van der Waals surface area contributed by atoms with Crippen LogP contribution in [0.2, 0.25) is 0 Å². The van der Waals surface area contributed by atoms with Crippen molar-refractivity contribution in [1.82, 2.24) is 5.32 Å². The molecule has 1 unspecified atom stereocenters. The summed E-state index contributed by atoms with van der Waals surface area (Å²) in [7, 11) is 0. The van der Waals surface area contributed by atoms with Gasteiger partial charge in [0.25, 0.3) is 0 Å². The average molecular weight is 221 g/mol. The summed E-state index contributed by atoms with van der Waals surface area (Å²) >= 11 is 0. The molecule has 3 nitrogen and oxygen atoms in total. The molecule has 0 aliphatic carbocycles. The smallest absolute Gasteiger partial charge is 0.0721 e. The van der Waals surface area contributed by atoms with Crippen molar-refractivity contribution in [3.63, 3.8) is 0 Å². The molecule has 0 bridgehead atoms. The number of hydrogen-bond donors (Lipinski definition) is 1. The Kier molecular flexibility index (Phi) is 4.34. The predicted octanol–water partition coefficient (Wildman–Crippen LogP) is 1.88. The van der Waals surface area contributed by atoms with Gasteiger partial charge in [-0.2, -0.15) is 0 Å². The van der Waals surface area contributed by atoms with E-state index in [1.165, 1.54) is 11.1 Å². The number of rotatable bonds is 5. The molecule has 1 aliphatic heterocycles. The predicted molar refractivity (Wildman–Crippen MR) is 63.3 cm³/mol. The Morgan fingerprint density at radius 2 is 2.31 bits per heavy atom. The first-order chi connectivity index (χ1) is 7.92. The van der Waals surface area contributed by atoms with E-state index in [1.807, 2.05) is 6.92 Å². The summed E-state index contributed by atoms with van der Waals surface area (Å²) in [5.41, 5.74) is 2.66. The van der Waals surface area contributed by atoms with Crippen LogP contribution in [0.5, 0.6) is 0 Å². The summed E-state index contributed by atoms with van der Waals surface area (Å²) in [4.78, 5) is 0. The fourth-order valence-electron chi connectivity index (χ4n) is 2.00. The van der Waals surface area contributed by atoms with Crippen LogP contribution in [0.3, 0.4) is 0 Å². The SMILES string of the molecule is CCOCCNC1COCc2ccccc21. The summed E-state index contributed by atoms with van der Waals surface area (Å²) in [5, 5.41) is 3.46. The maximum atomic E-state index is 5.56. The van der Waals surface area contributed by atoms with E-state index in [-0.39, 0.29) is 0 Å². The van der Waals surface area contributed by atoms with Crippen LogP contribution in [0.4, 0.5) is 0 Å². The van der Waals surface area contributed by atoms with E-state index in [0.29, 0.717) is 6.04 Å². The summed E-state index contributed by atoms with van der Waals surface area (Å²) < 4.78 is 10.9. The van der Waals surface area contributed by atoms with E-state index < -0.39 is 0 Å². The Morgan fingerprint density at radius 3 is 3.19 bits per heavy atom. The second-order valence-electron chi connectivity index (χ2n) is 3.92. The van der Waals surface area contributed by atoms with E-state index in [4.69, 9.17) is 9.47 Å². The molecule has 0 saturated carbocycles. The van der Waals surface area contributed by atoms with Crippen LogP contribution in [-0.4, -0.2) is 26.4 Å². The van der Waals surface area contributed by atoms with Crippen molar-refractivity contribution in [3.8, 4) is 0 Å². The van der Waals surface area contributed by atoms with E-state index in [9.17, 15) is 0 Å². The molecule has 88 valence electrons. The minimum Gasteiger partial charge on any atom is -0.380 e. The third kappa shape index (κ3) is 2.82. The van der Waals surface area contributed by atoms with Crippen molar-refractivity contribution in [3.05, 3.63) is 35.4 Å². The first-order valence-corrected chi connectivity index (χ1v) is 5.88. The number of nitrogens with one attached hydrogen (secondary N) is 1. The zero-order valence-corrected chi connectivity index (χ0v) is 9.74. The van der Waals surface area contributed by atoms with Gasteiger partial charge in [-0.15, -0.1) is 0 Å². The zero-order chi connectivity index (χ0) is 11.2. The molecule has 1 atom stereocenters.